The normalized spacial score (nSPS) is 11.6. The maximum Gasteiger partial charge on any atom is 0.344 e. The van der Waals surface area contributed by atoms with Crippen LogP contribution >= 0.6 is 0 Å². The summed E-state index contributed by atoms with van der Waals surface area (Å²) < 4.78 is 5.77. The van der Waals surface area contributed by atoms with Crippen LogP contribution in [0.1, 0.15) is 27.9 Å². The van der Waals surface area contributed by atoms with Crippen molar-refractivity contribution in [3.8, 4) is 5.75 Å². The molecule has 3 aromatic carbocycles. The van der Waals surface area contributed by atoms with Crippen LogP contribution in [-0.2, 0) is 17.6 Å². The third kappa shape index (κ3) is 5.30. The van der Waals surface area contributed by atoms with Gasteiger partial charge < -0.3 is 9.84 Å². The predicted octanol–water partition coefficient (Wildman–Crippen LogP) is 4.58. The summed E-state index contributed by atoms with van der Waals surface area (Å²) in [6.07, 6.45) is 0.118. The molecule has 0 aliphatic carbocycles. The summed E-state index contributed by atoms with van der Waals surface area (Å²) in [5.74, 6) is -0.834. The van der Waals surface area contributed by atoms with Crippen LogP contribution in [-0.4, -0.2) is 23.0 Å². The molecule has 0 amide bonds. The molecule has 0 aliphatic heterocycles. The Morgan fingerprint density at radius 3 is 2.00 bits per heavy atom. The minimum absolute atomic E-state index is 0.103. The van der Waals surface area contributed by atoms with E-state index in [-0.39, 0.29) is 12.2 Å². The van der Waals surface area contributed by atoms with E-state index < -0.39 is 12.1 Å². The van der Waals surface area contributed by atoms with Crippen molar-refractivity contribution in [2.45, 2.75) is 25.4 Å². The number of carbonyl (C=O) groups is 2. The molecule has 0 fully saturated rings. The SMILES string of the molecule is O=C(Cc1ccccc1)c1ccccc1OC(CCc1ccccc1)C(=O)O. The van der Waals surface area contributed by atoms with Gasteiger partial charge in [0, 0.05) is 6.42 Å². The van der Waals surface area contributed by atoms with Gasteiger partial charge in [0.1, 0.15) is 5.75 Å². The summed E-state index contributed by atoms with van der Waals surface area (Å²) in [6.45, 7) is 0. The lowest BCUT2D eigenvalue weighted by Gasteiger charge is -2.17. The first kappa shape index (κ1) is 19.4. The number of ether oxygens (including phenoxy) is 1. The van der Waals surface area contributed by atoms with Gasteiger partial charge in [-0.25, -0.2) is 4.79 Å². The Bertz CT molecular complexity index is 920. The fourth-order valence-electron chi connectivity index (χ4n) is 3.00. The summed E-state index contributed by atoms with van der Waals surface area (Å²) in [5, 5.41) is 9.57. The van der Waals surface area contributed by atoms with Crippen molar-refractivity contribution in [3.63, 3.8) is 0 Å². The van der Waals surface area contributed by atoms with Crippen LogP contribution < -0.4 is 4.74 Å². The van der Waals surface area contributed by atoms with Crippen molar-refractivity contribution in [1.82, 2.24) is 0 Å². The summed E-state index contributed by atoms with van der Waals surface area (Å²) in [4.78, 5) is 24.4. The highest BCUT2D eigenvalue weighted by Crippen LogP contribution is 2.23. The topological polar surface area (TPSA) is 63.6 Å². The number of carboxylic acids is 1. The van der Waals surface area contributed by atoms with E-state index >= 15 is 0 Å². The minimum Gasteiger partial charge on any atom is -0.479 e. The van der Waals surface area contributed by atoms with E-state index in [0.29, 0.717) is 24.2 Å². The number of para-hydroxylation sites is 1. The van der Waals surface area contributed by atoms with Crippen molar-refractivity contribution in [3.05, 3.63) is 102 Å². The van der Waals surface area contributed by atoms with Crippen LogP contribution in [0.5, 0.6) is 5.75 Å². The monoisotopic (exact) mass is 374 g/mol. The largest absolute Gasteiger partial charge is 0.479 e. The number of carboxylic acid groups (broad SMARTS) is 1. The minimum atomic E-state index is -1.04. The van der Waals surface area contributed by atoms with Crippen molar-refractivity contribution in [2.24, 2.45) is 0 Å². The lowest BCUT2D eigenvalue weighted by atomic mass is 10.0. The predicted molar refractivity (Wildman–Crippen MR) is 108 cm³/mol. The zero-order valence-electron chi connectivity index (χ0n) is 15.5. The number of hydrogen-bond donors (Lipinski definition) is 1. The first-order valence-corrected chi connectivity index (χ1v) is 9.23. The van der Waals surface area contributed by atoms with Gasteiger partial charge in [0.15, 0.2) is 11.9 Å². The van der Waals surface area contributed by atoms with Crippen LogP contribution in [0.4, 0.5) is 0 Å². The molecule has 0 saturated heterocycles. The third-order valence-corrected chi connectivity index (χ3v) is 4.48. The molecule has 0 spiro atoms. The van der Waals surface area contributed by atoms with E-state index in [1.807, 2.05) is 60.7 Å². The fraction of sp³-hybridized carbons (Fsp3) is 0.167. The highest BCUT2D eigenvalue weighted by Gasteiger charge is 2.22. The highest BCUT2D eigenvalue weighted by molar-refractivity contribution is 6.00. The Labute approximate surface area is 164 Å². The van der Waals surface area contributed by atoms with E-state index in [1.54, 1.807) is 24.3 Å². The summed E-state index contributed by atoms with van der Waals surface area (Å²) in [7, 11) is 0. The molecule has 1 N–H and O–H groups in total. The number of rotatable bonds is 9. The van der Waals surface area contributed by atoms with E-state index in [0.717, 1.165) is 11.1 Å². The van der Waals surface area contributed by atoms with E-state index in [4.69, 9.17) is 4.74 Å². The van der Waals surface area contributed by atoms with Gasteiger partial charge in [-0.3, -0.25) is 4.79 Å². The van der Waals surface area contributed by atoms with Gasteiger partial charge in [0.2, 0.25) is 0 Å². The van der Waals surface area contributed by atoms with Gasteiger partial charge in [-0.2, -0.15) is 0 Å². The van der Waals surface area contributed by atoms with Crippen molar-refractivity contribution in [1.29, 1.82) is 0 Å². The van der Waals surface area contributed by atoms with Crippen LogP contribution in [0.2, 0.25) is 0 Å². The number of aryl methyl sites for hydroxylation is 1. The molecule has 142 valence electrons. The molecule has 0 aromatic heterocycles. The van der Waals surface area contributed by atoms with Crippen LogP contribution in [0, 0.1) is 0 Å². The molecule has 1 atom stereocenters. The first-order valence-electron chi connectivity index (χ1n) is 9.23. The van der Waals surface area contributed by atoms with E-state index in [9.17, 15) is 14.7 Å². The molecule has 0 radical (unpaired) electrons. The molecule has 28 heavy (non-hydrogen) atoms. The van der Waals surface area contributed by atoms with Crippen molar-refractivity contribution >= 4 is 11.8 Å². The highest BCUT2D eigenvalue weighted by atomic mass is 16.5. The smallest absolute Gasteiger partial charge is 0.344 e. The van der Waals surface area contributed by atoms with Gasteiger partial charge in [-0.1, -0.05) is 72.8 Å². The number of benzene rings is 3. The molecule has 4 nitrogen and oxygen atoms in total. The first-order chi connectivity index (χ1) is 13.6. The van der Waals surface area contributed by atoms with E-state index in [2.05, 4.69) is 0 Å². The maximum atomic E-state index is 12.7. The third-order valence-electron chi connectivity index (χ3n) is 4.48. The Morgan fingerprint density at radius 1 is 0.786 bits per heavy atom. The molecule has 1 unspecified atom stereocenters. The van der Waals surface area contributed by atoms with Gasteiger partial charge >= 0.3 is 5.97 Å². The molecule has 0 aliphatic rings. The number of hydrogen-bond acceptors (Lipinski definition) is 3. The van der Waals surface area contributed by atoms with Gasteiger partial charge in [-0.05, 0) is 36.1 Å². The van der Waals surface area contributed by atoms with Crippen LogP contribution in [0.15, 0.2) is 84.9 Å². The van der Waals surface area contributed by atoms with E-state index in [1.165, 1.54) is 0 Å². The number of Topliss-reactive ketones (excluding diaryl/α,β-unsaturated/α-hetero) is 1. The zero-order valence-corrected chi connectivity index (χ0v) is 15.5. The Kier molecular flexibility index (Phi) is 6.58. The van der Waals surface area contributed by atoms with Crippen molar-refractivity contribution in [2.75, 3.05) is 0 Å². The van der Waals surface area contributed by atoms with Gasteiger partial charge in [0.05, 0.1) is 5.56 Å². The quantitative estimate of drug-likeness (QED) is 0.557. The summed E-state index contributed by atoms with van der Waals surface area (Å²) in [6, 6.07) is 25.9. The Morgan fingerprint density at radius 2 is 1.36 bits per heavy atom. The molecular weight excluding hydrogens is 352 g/mol. The standard InChI is InChI=1S/C24H22O4/c25-21(17-19-11-5-2-6-12-19)20-13-7-8-14-22(20)28-23(24(26)27)16-15-18-9-3-1-4-10-18/h1-14,23H,15-17H2,(H,26,27). The molecule has 4 heteroatoms. The average molecular weight is 374 g/mol. The summed E-state index contributed by atoms with van der Waals surface area (Å²) in [5.41, 5.74) is 2.35. The number of carbonyl (C=O) groups excluding carboxylic acids is 1. The Hall–Kier alpha value is -3.40. The average Bonchev–Trinajstić information content (AvgIpc) is 2.72. The number of aliphatic carboxylic acids is 1. The molecular formula is C24H22O4. The molecule has 3 aromatic rings. The molecule has 0 saturated carbocycles. The second-order valence-electron chi connectivity index (χ2n) is 6.55. The fourth-order valence-corrected chi connectivity index (χ4v) is 3.00. The lowest BCUT2D eigenvalue weighted by Crippen LogP contribution is -2.28. The Balaban J connectivity index is 1.73. The second-order valence-corrected chi connectivity index (χ2v) is 6.55. The molecule has 0 heterocycles. The van der Waals surface area contributed by atoms with Crippen LogP contribution in [0.25, 0.3) is 0 Å². The molecule has 0 bridgehead atoms. The second kappa shape index (κ2) is 9.51. The lowest BCUT2D eigenvalue weighted by molar-refractivity contribution is -0.145. The van der Waals surface area contributed by atoms with Crippen LogP contribution in [0.3, 0.4) is 0 Å². The van der Waals surface area contributed by atoms with Crippen molar-refractivity contribution < 1.29 is 19.4 Å². The number of ketones is 1. The van der Waals surface area contributed by atoms with Gasteiger partial charge in [-0.15, -0.1) is 0 Å². The molecule has 3 rings (SSSR count). The van der Waals surface area contributed by atoms with Gasteiger partial charge in [0.25, 0.3) is 0 Å². The summed E-state index contributed by atoms with van der Waals surface area (Å²) >= 11 is 0. The maximum absolute atomic E-state index is 12.7. The zero-order chi connectivity index (χ0) is 19.8.